The van der Waals surface area contributed by atoms with E-state index in [1.54, 1.807) is 0 Å². The van der Waals surface area contributed by atoms with E-state index < -0.39 is 0 Å². The molecule has 2 aromatic carbocycles. The number of nitrogens with two attached hydrogens (primary N) is 1. The standard InChI is InChI=1S/C18H20N2O.ClH/c19-17(15-8-9-15)12-20-18(21)16-10-6-14(7-11-16)13-4-2-1-3-5-13;/h1-7,10-11,15,17H,8-9,12,19H2,(H,20,21);1H. The zero-order valence-corrected chi connectivity index (χ0v) is 13.2. The van der Waals surface area contributed by atoms with Crippen molar-refractivity contribution in [3.8, 4) is 11.1 Å². The summed E-state index contributed by atoms with van der Waals surface area (Å²) in [7, 11) is 0. The molecule has 1 amide bonds. The number of benzene rings is 2. The zero-order valence-electron chi connectivity index (χ0n) is 12.4. The van der Waals surface area contributed by atoms with Gasteiger partial charge in [-0.15, -0.1) is 12.4 Å². The van der Waals surface area contributed by atoms with E-state index in [1.807, 2.05) is 42.5 Å². The Balaban J connectivity index is 0.00000176. The van der Waals surface area contributed by atoms with Gasteiger partial charge in [-0.1, -0.05) is 42.5 Å². The Morgan fingerprint density at radius 1 is 1.05 bits per heavy atom. The minimum atomic E-state index is -0.0503. The predicted molar refractivity (Wildman–Crippen MR) is 92.2 cm³/mol. The SMILES string of the molecule is Cl.NC(CNC(=O)c1ccc(-c2ccccc2)cc1)C1CC1. The van der Waals surface area contributed by atoms with Crippen LogP contribution in [0, 0.1) is 5.92 Å². The average Bonchev–Trinajstić information content (AvgIpc) is 3.38. The molecule has 0 aliphatic heterocycles. The quantitative estimate of drug-likeness (QED) is 0.889. The number of carbonyl (C=O) groups is 1. The fourth-order valence-electron chi connectivity index (χ4n) is 2.45. The molecule has 0 saturated heterocycles. The van der Waals surface area contributed by atoms with Gasteiger partial charge < -0.3 is 11.1 Å². The molecule has 0 spiro atoms. The first-order valence-corrected chi connectivity index (χ1v) is 7.43. The van der Waals surface area contributed by atoms with Gasteiger partial charge in [0.1, 0.15) is 0 Å². The molecule has 0 bridgehead atoms. The minimum Gasteiger partial charge on any atom is -0.350 e. The highest BCUT2D eigenvalue weighted by molar-refractivity contribution is 5.94. The summed E-state index contributed by atoms with van der Waals surface area (Å²) in [5.41, 5.74) is 8.93. The topological polar surface area (TPSA) is 55.1 Å². The Hall–Kier alpha value is -1.84. The summed E-state index contributed by atoms with van der Waals surface area (Å²) >= 11 is 0. The van der Waals surface area contributed by atoms with E-state index in [1.165, 1.54) is 12.8 Å². The van der Waals surface area contributed by atoms with Crippen molar-refractivity contribution in [2.75, 3.05) is 6.54 Å². The second-order valence-electron chi connectivity index (χ2n) is 5.65. The van der Waals surface area contributed by atoms with Crippen LogP contribution in [0.25, 0.3) is 11.1 Å². The largest absolute Gasteiger partial charge is 0.350 e. The van der Waals surface area contributed by atoms with Crippen LogP contribution in [-0.2, 0) is 0 Å². The number of carbonyl (C=O) groups excluding carboxylic acids is 1. The van der Waals surface area contributed by atoms with Crippen molar-refractivity contribution in [1.82, 2.24) is 5.32 Å². The fraction of sp³-hybridized carbons (Fsp3) is 0.278. The molecule has 3 rings (SSSR count). The summed E-state index contributed by atoms with van der Waals surface area (Å²) in [5, 5.41) is 2.92. The van der Waals surface area contributed by atoms with Gasteiger partial charge in [0.25, 0.3) is 5.91 Å². The van der Waals surface area contributed by atoms with Crippen LogP contribution in [0.15, 0.2) is 54.6 Å². The van der Waals surface area contributed by atoms with Crippen molar-refractivity contribution in [2.24, 2.45) is 11.7 Å². The molecule has 1 saturated carbocycles. The molecule has 2 aromatic rings. The number of halogens is 1. The molecule has 116 valence electrons. The van der Waals surface area contributed by atoms with Crippen LogP contribution in [-0.4, -0.2) is 18.5 Å². The van der Waals surface area contributed by atoms with Crippen molar-refractivity contribution in [3.05, 3.63) is 60.2 Å². The molecule has 1 aliphatic carbocycles. The molecule has 1 fully saturated rings. The summed E-state index contributed by atoms with van der Waals surface area (Å²) in [6.45, 7) is 0.559. The zero-order chi connectivity index (χ0) is 14.7. The van der Waals surface area contributed by atoms with E-state index in [4.69, 9.17) is 5.73 Å². The molecular formula is C18H21ClN2O. The normalized spacial score (nSPS) is 14.8. The molecule has 1 aliphatic rings. The number of hydrogen-bond acceptors (Lipinski definition) is 2. The molecule has 1 unspecified atom stereocenters. The molecule has 3 nitrogen and oxygen atoms in total. The molecule has 1 atom stereocenters. The van der Waals surface area contributed by atoms with E-state index >= 15 is 0 Å². The second kappa shape index (κ2) is 7.43. The highest BCUT2D eigenvalue weighted by atomic mass is 35.5. The van der Waals surface area contributed by atoms with E-state index in [-0.39, 0.29) is 24.4 Å². The van der Waals surface area contributed by atoms with Crippen molar-refractivity contribution >= 4 is 18.3 Å². The Bertz CT molecular complexity index is 609. The van der Waals surface area contributed by atoms with Crippen LogP contribution in [0.1, 0.15) is 23.2 Å². The lowest BCUT2D eigenvalue weighted by atomic mass is 10.0. The van der Waals surface area contributed by atoms with Crippen molar-refractivity contribution in [2.45, 2.75) is 18.9 Å². The lowest BCUT2D eigenvalue weighted by molar-refractivity contribution is 0.0950. The van der Waals surface area contributed by atoms with Gasteiger partial charge in [-0.3, -0.25) is 4.79 Å². The summed E-state index contributed by atoms with van der Waals surface area (Å²) < 4.78 is 0. The molecule has 22 heavy (non-hydrogen) atoms. The Kier molecular flexibility index (Phi) is 5.58. The van der Waals surface area contributed by atoms with E-state index in [2.05, 4.69) is 17.4 Å². The monoisotopic (exact) mass is 316 g/mol. The number of amides is 1. The number of rotatable bonds is 5. The van der Waals surface area contributed by atoms with Crippen LogP contribution >= 0.6 is 12.4 Å². The molecule has 0 radical (unpaired) electrons. The third kappa shape index (κ3) is 4.09. The van der Waals surface area contributed by atoms with E-state index in [0.717, 1.165) is 11.1 Å². The Morgan fingerprint density at radius 2 is 1.64 bits per heavy atom. The smallest absolute Gasteiger partial charge is 0.251 e. The summed E-state index contributed by atoms with van der Waals surface area (Å²) in [6, 6.07) is 17.9. The Morgan fingerprint density at radius 3 is 2.23 bits per heavy atom. The van der Waals surface area contributed by atoms with Gasteiger partial charge in [-0.2, -0.15) is 0 Å². The van der Waals surface area contributed by atoms with Gasteiger partial charge in [0, 0.05) is 18.2 Å². The van der Waals surface area contributed by atoms with Crippen LogP contribution in [0.2, 0.25) is 0 Å². The summed E-state index contributed by atoms with van der Waals surface area (Å²) in [5.74, 6) is 0.552. The maximum absolute atomic E-state index is 12.1. The van der Waals surface area contributed by atoms with Gasteiger partial charge in [0.2, 0.25) is 0 Å². The highest BCUT2D eigenvalue weighted by Gasteiger charge is 2.28. The van der Waals surface area contributed by atoms with Crippen LogP contribution in [0.3, 0.4) is 0 Å². The highest BCUT2D eigenvalue weighted by Crippen LogP contribution is 2.31. The summed E-state index contributed by atoms with van der Waals surface area (Å²) in [4.78, 5) is 12.1. The number of nitrogens with one attached hydrogen (secondary N) is 1. The van der Waals surface area contributed by atoms with Crippen LogP contribution < -0.4 is 11.1 Å². The van der Waals surface area contributed by atoms with Gasteiger partial charge in [-0.05, 0) is 42.0 Å². The lowest BCUT2D eigenvalue weighted by Gasteiger charge is -2.11. The lowest BCUT2D eigenvalue weighted by Crippen LogP contribution is -2.38. The molecule has 0 aromatic heterocycles. The molecule has 0 heterocycles. The van der Waals surface area contributed by atoms with E-state index in [9.17, 15) is 4.79 Å². The van der Waals surface area contributed by atoms with Gasteiger partial charge in [0.05, 0.1) is 0 Å². The Labute approximate surface area is 137 Å². The summed E-state index contributed by atoms with van der Waals surface area (Å²) in [6.07, 6.45) is 2.39. The van der Waals surface area contributed by atoms with Crippen molar-refractivity contribution in [1.29, 1.82) is 0 Å². The first kappa shape index (κ1) is 16.5. The second-order valence-corrected chi connectivity index (χ2v) is 5.65. The van der Waals surface area contributed by atoms with E-state index in [0.29, 0.717) is 18.0 Å². The van der Waals surface area contributed by atoms with Gasteiger partial charge >= 0.3 is 0 Å². The third-order valence-corrected chi connectivity index (χ3v) is 3.98. The van der Waals surface area contributed by atoms with Crippen molar-refractivity contribution in [3.63, 3.8) is 0 Å². The van der Waals surface area contributed by atoms with Gasteiger partial charge in [-0.25, -0.2) is 0 Å². The molecule has 3 N–H and O–H groups in total. The van der Waals surface area contributed by atoms with Crippen LogP contribution in [0.5, 0.6) is 0 Å². The van der Waals surface area contributed by atoms with Gasteiger partial charge in [0.15, 0.2) is 0 Å². The fourth-order valence-corrected chi connectivity index (χ4v) is 2.45. The molecule has 4 heteroatoms. The average molecular weight is 317 g/mol. The first-order valence-electron chi connectivity index (χ1n) is 7.43. The van der Waals surface area contributed by atoms with Crippen LogP contribution in [0.4, 0.5) is 0 Å². The maximum atomic E-state index is 12.1. The van der Waals surface area contributed by atoms with Crippen molar-refractivity contribution < 1.29 is 4.79 Å². The third-order valence-electron chi connectivity index (χ3n) is 3.98. The number of hydrogen-bond donors (Lipinski definition) is 2. The molecular weight excluding hydrogens is 296 g/mol. The minimum absolute atomic E-state index is 0. The predicted octanol–water partition coefficient (Wildman–Crippen LogP) is 3.24. The maximum Gasteiger partial charge on any atom is 0.251 e. The first-order chi connectivity index (χ1) is 10.2.